The van der Waals surface area contributed by atoms with Crippen LogP contribution in [0.5, 0.6) is 0 Å². The second-order valence-electron chi connectivity index (χ2n) is 1.40. The van der Waals surface area contributed by atoms with Gasteiger partial charge in [-0.05, 0) is 6.42 Å². The first-order chi connectivity index (χ1) is 3.31. The van der Waals surface area contributed by atoms with Gasteiger partial charge in [-0.1, -0.05) is 13.8 Å². The van der Waals surface area contributed by atoms with E-state index in [4.69, 9.17) is 0 Å². The predicted molar refractivity (Wildman–Crippen MR) is 33.1 cm³/mol. The first-order valence-electron chi connectivity index (χ1n) is 2.29. The van der Waals surface area contributed by atoms with Crippen molar-refractivity contribution in [2.24, 2.45) is 4.58 Å². The Kier molecular flexibility index (Phi) is 4.09. The van der Waals surface area contributed by atoms with E-state index in [1.165, 1.54) is 0 Å². The number of rotatable bonds is 3. The van der Waals surface area contributed by atoms with E-state index >= 15 is 0 Å². The summed E-state index contributed by atoms with van der Waals surface area (Å²) in [6.45, 7) is 4.01. The standard InChI is InChI=1S/C4H9NOS/c1-3-4(2)7-5-6/h4H,3H2,1-2H3. The maximum Gasteiger partial charge on any atom is 0.0269 e. The summed E-state index contributed by atoms with van der Waals surface area (Å²) >= 11 is 1.10. The van der Waals surface area contributed by atoms with Crippen LogP contribution in [0.3, 0.4) is 0 Å². The first kappa shape index (κ1) is 6.95. The minimum atomic E-state index is 0.387. The van der Waals surface area contributed by atoms with Crippen LogP contribution in [0, 0.1) is 4.91 Å². The number of hydrogen-bond donors (Lipinski definition) is 0. The summed E-state index contributed by atoms with van der Waals surface area (Å²) in [5, 5.41) is 0.387. The van der Waals surface area contributed by atoms with Crippen LogP contribution in [0.1, 0.15) is 20.3 Å². The quantitative estimate of drug-likeness (QED) is 0.421. The molecule has 0 N–H and O–H groups in total. The van der Waals surface area contributed by atoms with Gasteiger partial charge in [0.1, 0.15) is 0 Å². The molecule has 0 rings (SSSR count). The van der Waals surface area contributed by atoms with E-state index in [0.29, 0.717) is 5.25 Å². The summed E-state index contributed by atoms with van der Waals surface area (Å²) < 4.78 is 2.67. The van der Waals surface area contributed by atoms with E-state index < -0.39 is 0 Å². The molecule has 0 heterocycles. The summed E-state index contributed by atoms with van der Waals surface area (Å²) in [6.07, 6.45) is 1.01. The lowest BCUT2D eigenvalue weighted by Crippen LogP contribution is -1.87. The summed E-state index contributed by atoms with van der Waals surface area (Å²) in [5.74, 6) is 0. The Morgan fingerprint density at radius 2 is 2.43 bits per heavy atom. The molecule has 0 spiro atoms. The fraction of sp³-hybridized carbons (Fsp3) is 1.00. The fourth-order valence-corrected chi connectivity index (χ4v) is 0.444. The highest BCUT2D eigenvalue weighted by Gasteiger charge is 1.95. The Labute approximate surface area is 47.8 Å². The Balaban J connectivity index is 2.98. The van der Waals surface area contributed by atoms with Crippen LogP contribution in [0.4, 0.5) is 0 Å². The Bertz CT molecular complexity index is 57.7. The third-order valence-corrected chi connectivity index (χ3v) is 1.58. The molecular weight excluding hydrogens is 110 g/mol. The van der Waals surface area contributed by atoms with Crippen LogP contribution in [0.25, 0.3) is 0 Å². The summed E-state index contributed by atoms with van der Waals surface area (Å²) in [6, 6.07) is 0. The van der Waals surface area contributed by atoms with Gasteiger partial charge in [0.05, 0.1) is 0 Å². The van der Waals surface area contributed by atoms with E-state index in [-0.39, 0.29) is 0 Å². The van der Waals surface area contributed by atoms with E-state index in [0.717, 1.165) is 18.4 Å². The zero-order valence-electron chi connectivity index (χ0n) is 4.55. The molecule has 3 heteroatoms. The Morgan fingerprint density at radius 1 is 1.86 bits per heavy atom. The molecule has 0 aliphatic rings. The average Bonchev–Trinajstić information content (AvgIpc) is 1.68. The SMILES string of the molecule is CCC(C)SN=O. The monoisotopic (exact) mass is 119 g/mol. The predicted octanol–water partition coefficient (Wildman–Crippen LogP) is 2.20. The van der Waals surface area contributed by atoms with Crippen molar-refractivity contribution < 1.29 is 0 Å². The molecule has 0 aromatic rings. The summed E-state index contributed by atoms with van der Waals surface area (Å²) in [5.41, 5.74) is 0. The molecule has 1 atom stereocenters. The van der Waals surface area contributed by atoms with Gasteiger partial charge in [0.25, 0.3) is 0 Å². The van der Waals surface area contributed by atoms with Crippen molar-refractivity contribution >= 4 is 11.9 Å². The Hall–Kier alpha value is -0.0500. The van der Waals surface area contributed by atoms with Crippen molar-refractivity contribution in [3.05, 3.63) is 4.91 Å². The van der Waals surface area contributed by atoms with Gasteiger partial charge >= 0.3 is 0 Å². The molecule has 0 aromatic carbocycles. The highest BCUT2D eigenvalue weighted by molar-refractivity contribution is 7.98. The first-order valence-corrected chi connectivity index (χ1v) is 3.13. The molecule has 0 aliphatic heterocycles. The maximum absolute atomic E-state index is 9.49. The van der Waals surface area contributed by atoms with Gasteiger partial charge in [0.2, 0.25) is 0 Å². The third kappa shape index (κ3) is 3.79. The van der Waals surface area contributed by atoms with Gasteiger partial charge in [-0.15, -0.1) is 4.91 Å². The van der Waals surface area contributed by atoms with Gasteiger partial charge in [-0.2, -0.15) is 0 Å². The summed E-state index contributed by atoms with van der Waals surface area (Å²) in [7, 11) is 0. The van der Waals surface area contributed by atoms with Crippen molar-refractivity contribution in [3.63, 3.8) is 0 Å². The second kappa shape index (κ2) is 4.12. The maximum atomic E-state index is 9.49. The molecule has 0 bridgehead atoms. The normalized spacial score (nSPS) is 13.4. The highest BCUT2D eigenvalue weighted by atomic mass is 32.2. The van der Waals surface area contributed by atoms with Gasteiger partial charge in [0.15, 0.2) is 0 Å². The molecule has 7 heavy (non-hydrogen) atoms. The largest absolute Gasteiger partial charge is 0.137 e. The highest BCUT2D eigenvalue weighted by Crippen LogP contribution is 2.12. The van der Waals surface area contributed by atoms with Gasteiger partial charge < -0.3 is 0 Å². The lowest BCUT2D eigenvalue weighted by atomic mass is 10.4. The van der Waals surface area contributed by atoms with Crippen LogP contribution < -0.4 is 0 Å². The molecular formula is C4H9NOS. The van der Waals surface area contributed by atoms with E-state index in [2.05, 4.69) is 4.58 Å². The molecule has 0 amide bonds. The molecule has 0 saturated carbocycles. The van der Waals surface area contributed by atoms with Crippen molar-refractivity contribution in [1.29, 1.82) is 0 Å². The topological polar surface area (TPSA) is 29.4 Å². The molecule has 2 nitrogen and oxygen atoms in total. The number of nitrogens with zero attached hydrogens (tertiary/aromatic N) is 1. The molecule has 0 saturated heterocycles. The van der Waals surface area contributed by atoms with Crippen molar-refractivity contribution in [2.75, 3.05) is 0 Å². The Morgan fingerprint density at radius 3 is 2.57 bits per heavy atom. The average molecular weight is 119 g/mol. The fourth-order valence-electron chi connectivity index (χ4n) is 0.148. The van der Waals surface area contributed by atoms with Crippen LogP contribution in [0.2, 0.25) is 0 Å². The molecule has 0 aromatic heterocycles. The van der Waals surface area contributed by atoms with Crippen LogP contribution in [-0.2, 0) is 0 Å². The smallest absolute Gasteiger partial charge is 0.0269 e. The van der Waals surface area contributed by atoms with Gasteiger partial charge in [-0.3, -0.25) is 0 Å². The van der Waals surface area contributed by atoms with Gasteiger partial charge in [0, 0.05) is 21.8 Å². The van der Waals surface area contributed by atoms with Crippen molar-refractivity contribution in [2.45, 2.75) is 25.5 Å². The minimum Gasteiger partial charge on any atom is -0.137 e. The van der Waals surface area contributed by atoms with E-state index in [1.807, 2.05) is 13.8 Å². The van der Waals surface area contributed by atoms with Gasteiger partial charge in [-0.25, -0.2) is 0 Å². The second-order valence-corrected chi connectivity index (χ2v) is 2.56. The lowest BCUT2D eigenvalue weighted by molar-refractivity contribution is 0.907. The zero-order chi connectivity index (χ0) is 5.70. The molecule has 0 aliphatic carbocycles. The molecule has 1 unspecified atom stereocenters. The van der Waals surface area contributed by atoms with Crippen LogP contribution >= 0.6 is 11.9 Å². The zero-order valence-corrected chi connectivity index (χ0v) is 5.36. The summed E-state index contributed by atoms with van der Waals surface area (Å²) in [4.78, 5) is 9.49. The third-order valence-electron chi connectivity index (χ3n) is 0.798. The van der Waals surface area contributed by atoms with E-state index in [9.17, 15) is 4.91 Å². The van der Waals surface area contributed by atoms with Crippen LogP contribution in [0.15, 0.2) is 4.58 Å². The van der Waals surface area contributed by atoms with E-state index in [1.54, 1.807) is 0 Å². The number of nitroso groups, excluding NO2 is 1. The van der Waals surface area contributed by atoms with Crippen LogP contribution in [-0.4, -0.2) is 5.25 Å². The lowest BCUT2D eigenvalue weighted by Gasteiger charge is -1.95. The van der Waals surface area contributed by atoms with Crippen molar-refractivity contribution in [1.82, 2.24) is 0 Å². The molecule has 0 radical (unpaired) electrons. The number of hydrogen-bond acceptors (Lipinski definition) is 3. The molecule has 42 valence electrons. The molecule has 0 fully saturated rings. The van der Waals surface area contributed by atoms with Crippen molar-refractivity contribution in [3.8, 4) is 0 Å². The minimum absolute atomic E-state index is 0.387.